The van der Waals surface area contributed by atoms with Crippen LogP contribution in [0.1, 0.15) is 42.3 Å². The molecule has 34 heavy (non-hydrogen) atoms. The summed E-state index contributed by atoms with van der Waals surface area (Å²) < 4.78 is 18.6. The summed E-state index contributed by atoms with van der Waals surface area (Å²) in [4.78, 5) is 28.8. The molecule has 1 heterocycles. The van der Waals surface area contributed by atoms with Crippen molar-refractivity contribution in [3.05, 3.63) is 83.4 Å². The maximum atomic E-state index is 13.3. The van der Waals surface area contributed by atoms with Gasteiger partial charge in [-0.25, -0.2) is 9.18 Å². The number of rotatable bonds is 7. The second-order valence-corrected chi connectivity index (χ2v) is 8.44. The topological polar surface area (TPSA) is 116 Å². The maximum absolute atomic E-state index is 13.3. The van der Waals surface area contributed by atoms with Crippen molar-refractivity contribution >= 4 is 35.3 Å². The SMILES string of the molecule is CC(C)(C)OC(=O)Nc1ccccc1NC(=O)c1ccc(NCc2cncc(F)c2)c(C=N)c1. The van der Waals surface area contributed by atoms with Gasteiger partial charge in [0.05, 0.1) is 17.6 Å². The number of pyridine rings is 1. The smallest absolute Gasteiger partial charge is 0.412 e. The summed E-state index contributed by atoms with van der Waals surface area (Å²) in [7, 11) is 0. The third-order valence-electron chi connectivity index (χ3n) is 4.52. The van der Waals surface area contributed by atoms with E-state index in [4.69, 9.17) is 10.1 Å². The zero-order chi connectivity index (χ0) is 24.7. The van der Waals surface area contributed by atoms with Crippen LogP contribution in [0.2, 0.25) is 0 Å². The number of carbonyl (C=O) groups excluding carboxylic acids is 2. The first-order chi connectivity index (χ1) is 16.1. The molecule has 0 radical (unpaired) electrons. The van der Waals surface area contributed by atoms with E-state index in [1.54, 1.807) is 69.4 Å². The second kappa shape index (κ2) is 10.6. The van der Waals surface area contributed by atoms with E-state index in [2.05, 4.69) is 20.9 Å². The number of para-hydroxylation sites is 2. The zero-order valence-electron chi connectivity index (χ0n) is 19.1. The highest BCUT2D eigenvalue weighted by molar-refractivity contribution is 6.08. The number of amides is 2. The van der Waals surface area contributed by atoms with Gasteiger partial charge in [0.2, 0.25) is 0 Å². The van der Waals surface area contributed by atoms with Gasteiger partial charge in [0.15, 0.2) is 0 Å². The number of nitrogens with one attached hydrogen (secondary N) is 4. The van der Waals surface area contributed by atoms with Crippen LogP contribution in [0.5, 0.6) is 0 Å². The van der Waals surface area contributed by atoms with Crippen LogP contribution >= 0.6 is 0 Å². The zero-order valence-corrected chi connectivity index (χ0v) is 19.1. The van der Waals surface area contributed by atoms with Crippen molar-refractivity contribution in [2.45, 2.75) is 32.9 Å². The molecule has 0 spiro atoms. The van der Waals surface area contributed by atoms with Crippen molar-refractivity contribution in [1.82, 2.24) is 4.98 Å². The Kier molecular flexibility index (Phi) is 7.57. The van der Waals surface area contributed by atoms with Crippen LogP contribution in [-0.2, 0) is 11.3 Å². The summed E-state index contributed by atoms with van der Waals surface area (Å²) >= 11 is 0. The first kappa shape index (κ1) is 24.4. The Bertz CT molecular complexity index is 1210. The Morgan fingerprint density at radius 2 is 1.74 bits per heavy atom. The van der Waals surface area contributed by atoms with Crippen LogP contribution in [0.4, 0.5) is 26.2 Å². The average molecular weight is 464 g/mol. The van der Waals surface area contributed by atoms with Crippen LogP contribution in [0.3, 0.4) is 0 Å². The third kappa shape index (κ3) is 6.86. The molecule has 0 atom stereocenters. The summed E-state index contributed by atoms with van der Waals surface area (Å²) in [6.07, 6.45) is 3.16. The van der Waals surface area contributed by atoms with Crippen molar-refractivity contribution in [2.75, 3.05) is 16.0 Å². The van der Waals surface area contributed by atoms with Gasteiger partial charge in [-0.3, -0.25) is 15.1 Å². The number of aromatic nitrogens is 1. The van der Waals surface area contributed by atoms with Crippen LogP contribution in [0.25, 0.3) is 0 Å². The van der Waals surface area contributed by atoms with Crippen molar-refractivity contribution in [3.8, 4) is 0 Å². The molecule has 0 saturated carbocycles. The summed E-state index contributed by atoms with van der Waals surface area (Å²) in [6.45, 7) is 5.58. The van der Waals surface area contributed by atoms with Gasteiger partial charge in [-0.05, 0) is 62.7 Å². The fraction of sp³-hybridized carbons (Fsp3) is 0.200. The van der Waals surface area contributed by atoms with Gasteiger partial charge in [-0.2, -0.15) is 0 Å². The minimum absolute atomic E-state index is 0.306. The Morgan fingerprint density at radius 1 is 1.03 bits per heavy atom. The molecule has 0 aliphatic heterocycles. The summed E-state index contributed by atoms with van der Waals surface area (Å²) in [5.41, 5.74) is 2.19. The third-order valence-corrected chi connectivity index (χ3v) is 4.52. The minimum atomic E-state index is -0.660. The van der Waals surface area contributed by atoms with E-state index >= 15 is 0 Å². The van der Waals surface area contributed by atoms with E-state index in [0.717, 1.165) is 12.4 Å². The lowest BCUT2D eigenvalue weighted by Gasteiger charge is -2.20. The highest BCUT2D eigenvalue weighted by Crippen LogP contribution is 2.24. The monoisotopic (exact) mass is 463 g/mol. The molecule has 2 amide bonds. The summed E-state index contributed by atoms with van der Waals surface area (Å²) in [5.74, 6) is -0.845. The van der Waals surface area contributed by atoms with Crippen LogP contribution in [-0.4, -0.2) is 28.8 Å². The first-order valence-electron chi connectivity index (χ1n) is 10.5. The fourth-order valence-corrected chi connectivity index (χ4v) is 3.04. The van der Waals surface area contributed by atoms with Crippen LogP contribution < -0.4 is 16.0 Å². The lowest BCUT2D eigenvalue weighted by Crippen LogP contribution is -2.27. The van der Waals surface area contributed by atoms with E-state index in [1.807, 2.05) is 0 Å². The van der Waals surface area contributed by atoms with Gasteiger partial charge in [0.1, 0.15) is 11.4 Å². The Morgan fingerprint density at radius 3 is 2.38 bits per heavy atom. The van der Waals surface area contributed by atoms with Crippen molar-refractivity contribution in [1.29, 1.82) is 5.41 Å². The molecule has 0 fully saturated rings. The lowest BCUT2D eigenvalue weighted by molar-refractivity contribution is 0.0635. The number of ether oxygens (including phenoxy) is 1. The molecule has 0 unspecified atom stereocenters. The van der Waals surface area contributed by atoms with Gasteiger partial charge in [-0.15, -0.1) is 0 Å². The number of halogens is 1. The predicted octanol–water partition coefficient (Wildman–Crippen LogP) is 5.43. The van der Waals surface area contributed by atoms with Crippen molar-refractivity contribution in [3.63, 3.8) is 0 Å². The summed E-state index contributed by atoms with van der Waals surface area (Å²) in [5, 5.41) is 16.2. The molecule has 4 N–H and O–H groups in total. The van der Waals surface area contributed by atoms with Gasteiger partial charge in [0.25, 0.3) is 5.91 Å². The van der Waals surface area contributed by atoms with Gasteiger partial charge < -0.3 is 20.8 Å². The van der Waals surface area contributed by atoms with E-state index in [-0.39, 0.29) is 0 Å². The van der Waals surface area contributed by atoms with Gasteiger partial charge >= 0.3 is 6.09 Å². The van der Waals surface area contributed by atoms with Crippen molar-refractivity contribution < 1.29 is 18.7 Å². The number of nitrogens with zero attached hydrogens (tertiary/aromatic N) is 1. The maximum Gasteiger partial charge on any atom is 0.412 e. The average Bonchev–Trinajstić information content (AvgIpc) is 2.77. The second-order valence-electron chi connectivity index (χ2n) is 8.44. The molecule has 0 aliphatic rings. The largest absolute Gasteiger partial charge is 0.444 e. The Labute approximate surface area is 197 Å². The quantitative estimate of drug-likeness (QED) is 0.349. The summed E-state index contributed by atoms with van der Waals surface area (Å²) in [6, 6.07) is 13.0. The van der Waals surface area contributed by atoms with E-state index < -0.39 is 23.4 Å². The molecule has 0 bridgehead atoms. The molecule has 8 nitrogen and oxygen atoms in total. The number of carbonyl (C=O) groups is 2. The standard InChI is InChI=1S/C25H26FN5O3/c1-25(2,3)34-24(33)31-22-7-5-4-6-21(22)30-23(32)17-8-9-20(18(11-17)12-27)29-14-16-10-19(26)15-28-13-16/h4-13,15,27,29H,14H2,1-3H3,(H,30,32)(H,31,33). The molecule has 3 aromatic rings. The Balaban J connectivity index is 1.72. The molecule has 2 aromatic carbocycles. The highest BCUT2D eigenvalue weighted by atomic mass is 19.1. The predicted molar refractivity (Wildman–Crippen MR) is 130 cm³/mol. The van der Waals surface area contributed by atoms with E-state index in [1.165, 1.54) is 6.07 Å². The fourth-order valence-electron chi connectivity index (χ4n) is 3.04. The molecule has 1 aromatic heterocycles. The first-order valence-corrected chi connectivity index (χ1v) is 10.5. The van der Waals surface area contributed by atoms with Gasteiger partial charge in [0, 0.05) is 35.8 Å². The minimum Gasteiger partial charge on any atom is -0.444 e. The number of benzene rings is 2. The number of hydrogen-bond donors (Lipinski definition) is 4. The molecular formula is C25H26FN5O3. The van der Waals surface area contributed by atoms with Crippen LogP contribution in [0.15, 0.2) is 60.9 Å². The molecule has 3 rings (SSSR count). The van der Waals surface area contributed by atoms with Crippen LogP contribution in [0, 0.1) is 11.2 Å². The van der Waals surface area contributed by atoms with E-state index in [0.29, 0.717) is 40.3 Å². The van der Waals surface area contributed by atoms with Gasteiger partial charge in [-0.1, -0.05) is 12.1 Å². The Hall–Kier alpha value is -4.27. The van der Waals surface area contributed by atoms with E-state index in [9.17, 15) is 14.0 Å². The molecule has 0 aliphatic carbocycles. The highest BCUT2D eigenvalue weighted by Gasteiger charge is 2.18. The number of anilines is 3. The molecular weight excluding hydrogens is 437 g/mol. The normalized spacial score (nSPS) is 10.8. The molecule has 9 heteroatoms. The van der Waals surface area contributed by atoms with Crippen molar-refractivity contribution in [2.24, 2.45) is 0 Å². The number of hydrogen-bond acceptors (Lipinski definition) is 6. The lowest BCUT2D eigenvalue weighted by atomic mass is 10.1. The molecule has 0 saturated heterocycles. The molecule has 176 valence electrons.